The molecule has 0 spiro atoms. The molecular formula is C48H81NO9Si. The molecule has 2 aliphatic heterocycles. The van der Waals surface area contributed by atoms with Crippen LogP contribution in [-0.2, 0) is 41.7 Å². The molecule has 6 fully saturated rings. The highest BCUT2D eigenvalue weighted by Crippen LogP contribution is 2.50. The molecular weight excluding hydrogens is 763 g/mol. The molecule has 4 aliphatic carbocycles. The molecule has 0 bridgehead atoms. The second kappa shape index (κ2) is 22.9. The van der Waals surface area contributed by atoms with Gasteiger partial charge in [-0.05, 0) is 150 Å². The fourth-order valence-corrected chi connectivity index (χ4v) is 13.4. The van der Waals surface area contributed by atoms with Gasteiger partial charge in [-0.2, -0.15) is 0 Å². The van der Waals surface area contributed by atoms with Gasteiger partial charge >= 0.3 is 8.80 Å². The summed E-state index contributed by atoms with van der Waals surface area (Å²) in [6.07, 6.45) is 26.8. The van der Waals surface area contributed by atoms with E-state index < -0.39 is 8.80 Å². The molecule has 6 rings (SSSR count). The van der Waals surface area contributed by atoms with Gasteiger partial charge in [0.15, 0.2) is 0 Å². The van der Waals surface area contributed by atoms with Crippen molar-refractivity contribution in [3.8, 4) is 24.3 Å². The molecule has 0 radical (unpaired) electrons. The quantitative estimate of drug-likeness (QED) is 0.0336. The Labute approximate surface area is 359 Å². The van der Waals surface area contributed by atoms with E-state index in [1.165, 1.54) is 77.0 Å². The van der Waals surface area contributed by atoms with E-state index in [1.54, 1.807) is 14.2 Å². The highest BCUT2D eigenvalue weighted by Gasteiger charge is 2.45. The molecule has 1 N–H and O–H groups in total. The molecule has 0 amide bonds. The molecule has 0 aromatic carbocycles. The van der Waals surface area contributed by atoms with Crippen LogP contribution in [0, 0.1) is 58.8 Å². The van der Waals surface area contributed by atoms with Crippen molar-refractivity contribution >= 4 is 8.80 Å². The van der Waals surface area contributed by atoms with Crippen LogP contribution in [0.3, 0.4) is 0 Å². The monoisotopic (exact) mass is 844 g/mol. The van der Waals surface area contributed by atoms with E-state index in [0.717, 1.165) is 82.2 Å². The number of nitrogens with one attached hydrogen (secondary N) is 1. The summed E-state index contributed by atoms with van der Waals surface area (Å²) in [5.41, 5.74) is 0.651. The summed E-state index contributed by atoms with van der Waals surface area (Å²) in [6.45, 7) is 15.0. The largest absolute Gasteiger partial charge is 0.500 e. The summed E-state index contributed by atoms with van der Waals surface area (Å²) in [5, 5.41) is 3.07. The lowest BCUT2D eigenvalue weighted by Crippen LogP contribution is -2.50. The van der Waals surface area contributed by atoms with Crippen LogP contribution in [0.2, 0.25) is 6.04 Å². The fraction of sp³-hybridized carbons (Fsp3) is 0.917. The van der Waals surface area contributed by atoms with Crippen LogP contribution in [0.25, 0.3) is 0 Å². The van der Waals surface area contributed by atoms with E-state index in [4.69, 9.17) is 48.1 Å². The van der Waals surface area contributed by atoms with Crippen LogP contribution in [0.5, 0.6) is 0 Å². The maximum atomic E-state index is 6.85. The van der Waals surface area contributed by atoms with Crippen LogP contribution in [0.4, 0.5) is 0 Å². The van der Waals surface area contributed by atoms with Gasteiger partial charge in [-0.3, -0.25) is 0 Å². The van der Waals surface area contributed by atoms with Crippen LogP contribution < -0.4 is 5.32 Å². The Kier molecular flexibility index (Phi) is 18.4. The molecule has 2 unspecified atom stereocenters. The van der Waals surface area contributed by atoms with Crippen molar-refractivity contribution in [3.63, 3.8) is 0 Å². The Balaban J connectivity index is 0.967. The normalized spacial score (nSPS) is 33.3. The Morgan fingerprint density at radius 3 is 1.32 bits per heavy atom. The minimum absolute atomic E-state index is 0.230. The Morgan fingerprint density at radius 2 is 0.983 bits per heavy atom. The van der Waals surface area contributed by atoms with Crippen molar-refractivity contribution in [1.82, 2.24) is 5.32 Å². The number of ether oxygens (including phenoxy) is 6. The average molecular weight is 844 g/mol. The zero-order chi connectivity index (χ0) is 41.7. The van der Waals surface area contributed by atoms with Gasteiger partial charge in [0.25, 0.3) is 0 Å². The second-order valence-corrected chi connectivity index (χ2v) is 23.0. The minimum Gasteiger partial charge on any atom is -0.377 e. The van der Waals surface area contributed by atoms with Crippen LogP contribution in [0.1, 0.15) is 137 Å². The number of terminal acetylenes is 1. The number of hydrogen-bond acceptors (Lipinski definition) is 10. The van der Waals surface area contributed by atoms with Crippen LogP contribution in [-0.4, -0.2) is 112 Å². The van der Waals surface area contributed by atoms with E-state index >= 15 is 0 Å². The lowest BCUT2D eigenvalue weighted by Gasteiger charge is -2.47. The smallest absolute Gasteiger partial charge is 0.377 e. The zero-order valence-corrected chi connectivity index (χ0v) is 38.8. The van der Waals surface area contributed by atoms with Crippen molar-refractivity contribution < 1.29 is 41.7 Å². The molecule has 2 saturated heterocycles. The first-order valence-corrected chi connectivity index (χ1v) is 25.6. The van der Waals surface area contributed by atoms with Gasteiger partial charge in [0, 0.05) is 38.8 Å². The van der Waals surface area contributed by atoms with E-state index in [-0.39, 0.29) is 18.3 Å². The highest BCUT2D eigenvalue weighted by atomic mass is 28.4. The average Bonchev–Trinajstić information content (AvgIpc) is 4.21. The predicted molar refractivity (Wildman–Crippen MR) is 233 cm³/mol. The van der Waals surface area contributed by atoms with E-state index in [9.17, 15) is 0 Å². The molecule has 11 heteroatoms. The number of epoxide rings is 2. The topological polar surface area (TPSA) is 102 Å². The Morgan fingerprint density at radius 1 is 0.610 bits per heavy atom. The van der Waals surface area contributed by atoms with Crippen molar-refractivity contribution in [1.29, 1.82) is 0 Å². The minimum atomic E-state index is -3.00. The summed E-state index contributed by atoms with van der Waals surface area (Å²) in [5.74, 6) is 7.91. The number of hydrogen-bond donors (Lipinski definition) is 1. The SMILES string of the molecule is C#CC#CNCCC[Si](OC)(OC)OC(COC1CCC(C(C)(C)C2CCC(OCC3CO3)CC2)CC1)COC1CCC(C(C)(C)C2CCC(OCC3CO3)CC2)CC1. The lowest BCUT2D eigenvalue weighted by molar-refractivity contribution is -0.0959. The van der Waals surface area contributed by atoms with Crippen LogP contribution in [0.15, 0.2) is 0 Å². The lowest BCUT2D eigenvalue weighted by atomic mass is 9.60. The highest BCUT2D eigenvalue weighted by molar-refractivity contribution is 6.60. The third-order valence-electron chi connectivity index (χ3n) is 15.8. The van der Waals surface area contributed by atoms with Crippen molar-refractivity contribution in [2.45, 2.75) is 186 Å². The second-order valence-electron chi connectivity index (χ2n) is 20.0. The van der Waals surface area contributed by atoms with Gasteiger partial charge in [0.1, 0.15) is 12.2 Å². The van der Waals surface area contributed by atoms with Gasteiger partial charge in [0.05, 0.1) is 70.2 Å². The van der Waals surface area contributed by atoms with E-state index in [2.05, 4.69) is 50.9 Å². The maximum absolute atomic E-state index is 6.85. The zero-order valence-electron chi connectivity index (χ0n) is 37.8. The molecule has 4 saturated carbocycles. The Bertz CT molecular complexity index is 1250. The summed E-state index contributed by atoms with van der Waals surface area (Å²) in [7, 11) is 0.408. The van der Waals surface area contributed by atoms with E-state index in [1.807, 2.05) is 0 Å². The van der Waals surface area contributed by atoms with Gasteiger partial charge in [-0.15, -0.1) is 6.42 Å². The molecule has 10 nitrogen and oxygen atoms in total. The standard InChI is InChI=1S/C48H81NO9Si/c1-8-9-27-49-28-10-29-59(50-6,51-7)58-46(34-54-42-23-15-38(16-24-42)47(2,3)36-11-19-40(20-12-36)52-30-44-32-56-44)35-55-43-25-17-39(18-26-43)48(4,5)37-13-21-41(22-14-37)53-31-45-33-57-45/h1,36-46,49H,10-26,28-35H2,2-7H3. The van der Waals surface area contributed by atoms with Crippen molar-refractivity contribution in [3.05, 3.63) is 0 Å². The van der Waals surface area contributed by atoms with Gasteiger partial charge in [0.2, 0.25) is 0 Å². The first-order valence-electron chi connectivity index (χ1n) is 23.7. The molecule has 59 heavy (non-hydrogen) atoms. The molecule has 0 aromatic heterocycles. The molecule has 6 aliphatic rings. The number of rotatable bonds is 24. The predicted octanol–water partition coefficient (Wildman–Crippen LogP) is 8.33. The van der Waals surface area contributed by atoms with Crippen molar-refractivity contribution in [2.75, 3.05) is 60.4 Å². The first kappa shape index (κ1) is 47.3. The summed E-state index contributed by atoms with van der Waals surface area (Å²) in [4.78, 5) is 0. The third kappa shape index (κ3) is 14.4. The maximum Gasteiger partial charge on any atom is 0.500 e. The Hall–Kier alpha value is -1.22. The summed E-state index contributed by atoms with van der Waals surface area (Å²) < 4.78 is 55.5. The first-order chi connectivity index (χ1) is 28.5. The molecule has 336 valence electrons. The summed E-state index contributed by atoms with van der Waals surface area (Å²) in [6, 6.07) is 3.46. The van der Waals surface area contributed by atoms with Gasteiger partial charge in [-0.1, -0.05) is 27.7 Å². The molecule has 0 aromatic rings. The van der Waals surface area contributed by atoms with Crippen molar-refractivity contribution in [2.24, 2.45) is 34.5 Å². The van der Waals surface area contributed by atoms with Gasteiger partial charge in [-0.25, -0.2) is 0 Å². The molecule has 2 atom stereocenters. The van der Waals surface area contributed by atoms with Gasteiger partial charge < -0.3 is 47.0 Å². The molecule has 2 heterocycles. The summed E-state index contributed by atoms with van der Waals surface area (Å²) >= 11 is 0. The third-order valence-corrected chi connectivity index (χ3v) is 18.7. The van der Waals surface area contributed by atoms with E-state index in [0.29, 0.717) is 61.0 Å². The van der Waals surface area contributed by atoms with Crippen LogP contribution >= 0.6 is 0 Å². The fourth-order valence-electron chi connectivity index (χ4n) is 11.2.